The lowest BCUT2D eigenvalue weighted by Gasteiger charge is -2.10. The Labute approximate surface area is 157 Å². The number of carbonyl (C=O) groups is 1. The predicted octanol–water partition coefficient (Wildman–Crippen LogP) is 4.44. The van der Waals surface area contributed by atoms with Crippen LogP contribution in [-0.2, 0) is 4.79 Å². The lowest BCUT2D eigenvalue weighted by atomic mass is 10.2. The molecule has 2 heterocycles. The third kappa shape index (κ3) is 3.03. The van der Waals surface area contributed by atoms with Gasteiger partial charge in [-0.3, -0.25) is 4.79 Å². The van der Waals surface area contributed by atoms with E-state index in [-0.39, 0.29) is 12.5 Å². The van der Waals surface area contributed by atoms with Crippen molar-refractivity contribution in [2.45, 2.75) is 25.7 Å². The quantitative estimate of drug-likeness (QED) is 0.686. The molecule has 6 heteroatoms. The molecule has 0 unspecified atom stereocenters. The minimum Gasteiger partial charge on any atom is -0.321 e. The zero-order valence-corrected chi connectivity index (χ0v) is 15.1. The topological polar surface area (TPSA) is 62.3 Å². The number of carbonyl (C=O) groups excluding carboxylic acids is 1. The summed E-state index contributed by atoms with van der Waals surface area (Å²) in [5.74, 6) is 0.545. The van der Waals surface area contributed by atoms with Gasteiger partial charge in [0.15, 0.2) is 0 Å². The average Bonchev–Trinajstić information content (AvgIpc) is 3.42. The monoisotopic (exact) mass is 358 g/mol. The van der Waals surface area contributed by atoms with Crippen molar-refractivity contribution in [2.24, 2.45) is 5.11 Å². The van der Waals surface area contributed by atoms with Crippen LogP contribution < -0.4 is 5.32 Å². The molecule has 0 spiro atoms. The fourth-order valence-electron chi connectivity index (χ4n) is 3.45. The van der Waals surface area contributed by atoms with Crippen molar-refractivity contribution in [3.05, 3.63) is 66.0 Å². The molecule has 5 rings (SSSR count). The van der Waals surface area contributed by atoms with Crippen LogP contribution in [0.2, 0.25) is 0 Å². The van der Waals surface area contributed by atoms with Gasteiger partial charge >= 0.3 is 0 Å². The van der Waals surface area contributed by atoms with Crippen molar-refractivity contribution in [3.8, 4) is 5.69 Å². The zero-order valence-electron chi connectivity index (χ0n) is 15.1. The number of azo groups is 2. The number of hydrogen-bond donors (Lipinski definition) is 1. The molecule has 1 aliphatic heterocycles. The van der Waals surface area contributed by atoms with Gasteiger partial charge in [0.05, 0.1) is 11.4 Å². The first-order valence-corrected chi connectivity index (χ1v) is 9.22. The first kappa shape index (κ1) is 15.9. The molecule has 0 saturated heterocycles. The Kier molecular flexibility index (Phi) is 3.63. The normalized spacial score (nSPS) is 14.9. The van der Waals surface area contributed by atoms with Gasteiger partial charge in [0.1, 0.15) is 0 Å². The molecule has 1 aromatic heterocycles. The van der Waals surface area contributed by atoms with Crippen molar-refractivity contribution in [3.63, 3.8) is 0 Å². The molecule has 3 aromatic rings. The van der Waals surface area contributed by atoms with E-state index in [4.69, 9.17) is 0 Å². The minimum atomic E-state index is -0.0883. The van der Waals surface area contributed by atoms with Crippen LogP contribution in [0.1, 0.15) is 30.1 Å². The second-order valence-corrected chi connectivity index (χ2v) is 7.14. The van der Waals surface area contributed by atoms with Crippen LogP contribution in [0.15, 0.2) is 59.7 Å². The average molecular weight is 358 g/mol. The molecule has 1 aliphatic carbocycles. The van der Waals surface area contributed by atoms with E-state index < -0.39 is 0 Å². The van der Waals surface area contributed by atoms with Crippen molar-refractivity contribution in [1.82, 2.24) is 9.78 Å². The van der Waals surface area contributed by atoms with Crippen LogP contribution >= 0.6 is 0 Å². The molecule has 1 saturated carbocycles. The maximum Gasteiger partial charge on any atom is 0.292 e. The molecular weight excluding hydrogens is 338 g/mol. The third-order valence-corrected chi connectivity index (χ3v) is 4.93. The second kappa shape index (κ2) is 6.16. The van der Waals surface area contributed by atoms with Crippen LogP contribution in [0.5, 0.6) is 0 Å². The molecule has 2 aromatic carbocycles. The van der Waals surface area contributed by atoms with Crippen LogP contribution in [0.3, 0.4) is 0 Å². The Morgan fingerprint density at radius 3 is 2.70 bits per heavy atom. The van der Waals surface area contributed by atoms with E-state index in [9.17, 15) is 4.79 Å². The summed E-state index contributed by atoms with van der Waals surface area (Å²) in [7, 11) is 0. The SMILES string of the molecule is Cc1cc(C2CC2)n(-c2ccc(NC(=O)C[N+]3=Nc4ccccc43)cc2)n1. The van der Waals surface area contributed by atoms with Gasteiger partial charge in [-0.05, 0) is 56.2 Å². The number of benzene rings is 2. The first-order chi connectivity index (χ1) is 13.2. The molecule has 0 radical (unpaired) electrons. The summed E-state index contributed by atoms with van der Waals surface area (Å²) in [4.78, 5) is 12.3. The fourth-order valence-corrected chi connectivity index (χ4v) is 3.45. The number of hydrogen-bond acceptors (Lipinski definition) is 3. The maximum atomic E-state index is 12.3. The summed E-state index contributed by atoms with van der Waals surface area (Å²) in [6.45, 7) is 2.24. The number of fused-ring (bicyclic) bond motifs is 1. The summed E-state index contributed by atoms with van der Waals surface area (Å²) in [5.41, 5.74) is 6.03. The molecule has 1 N–H and O–H groups in total. The van der Waals surface area contributed by atoms with E-state index in [1.54, 1.807) is 4.70 Å². The number of para-hydroxylation sites is 1. The Bertz CT molecular complexity index is 1060. The number of aryl methyl sites for hydroxylation is 1. The molecule has 1 amide bonds. The van der Waals surface area contributed by atoms with E-state index in [0.29, 0.717) is 5.92 Å². The molecule has 1 fully saturated rings. The van der Waals surface area contributed by atoms with Crippen LogP contribution in [-0.4, -0.2) is 26.9 Å². The smallest absolute Gasteiger partial charge is 0.292 e. The van der Waals surface area contributed by atoms with Gasteiger partial charge in [0, 0.05) is 28.5 Å². The molecule has 6 nitrogen and oxygen atoms in total. The summed E-state index contributed by atoms with van der Waals surface area (Å²) in [5, 5.41) is 11.9. The minimum absolute atomic E-state index is 0.0883. The number of nitrogens with zero attached hydrogens (tertiary/aromatic N) is 4. The van der Waals surface area contributed by atoms with E-state index in [1.165, 1.54) is 18.5 Å². The Morgan fingerprint density at radius 2 is 1.96 bits per heavy atom. The lowest BCUT2D eigenvalue weighted by Crippen LogP contribution is -2.25. The third-order valence-electron chi connectivity index (χ3n) is 4.93. The summed E-state index contributed by atoms with van der Waals surface area (Å²) >= 11 is 0. The van der Waals surface area contributed by atoms with Gasteiger partial charge in [-0.1, -0.05) is 16.8 Å². The molecule has 134 valence electrons. The van der Waals surface area contributed by atoms with Crippen molar-refractivity contribution >= 4 is 23.0 Å². The van der Waals surface area contributed by atoms with Crippen molar-refractivity contribution < 1.29 is 9.49 Å². The van der Waals surface area contributed by atoms with Gasteiger partial charge < -0.3 is 5.32 Å². The highest BCUT2D eigenvalue weighted by atomic mass is 16.2. The Hall–Kier alpha value is -3.28. The summed E-state index contributed by atoms with van der Waals surface area (Å²) < 4.78 is 3.74. The standard InChI is InChI=1S/C21H19N5O/c1-14-12-20(15-6-7-15)26(23-14)17-10-8-16(9-11-17)22-21(27)13-25-19-5-3-2-4-18(19)24-25/h2-5,8-12,15H,6-7,13H2,1H3/p+1. The maximum absolute atomic E-state index is 12.3. The summed E-state index contributed by atoms with van der Waals surface area (Å²) in [6.07, 6.45) is 2.48. The highest BCUT2D eigenvalue weighted by molar-refractivity contribution is 5.91. The van der Waals surface area contributed by atoms with Gasteiger partial charge in [-0.2, -0.15) is 5.10 Å². The number of anilines is 1. The van der Waals surface area contributed by atoms with E-state index in [0.717, 1.165) is 28.4 Å². The van der Waals surface area contributed by atoms with Crippen LogP contribution in [0.4, 0.5) is 17.1 Å². The molecule has 0 bridgehead atoms. The van der Waals surface area contributed by atoms with E-state index >= 15 is 0 Å². The predicted molar refractivity (Wildman–Crippen MR) is 102 cm³/mol. The first-order valence-electron chi connectivity index (χ1n) is 9.22. The molecule has 27 heavy (non-hydrogen) atoms. The van der Waals surface area contributed by atoms with Gasteiger partial charge in [-0.25, -0.2) is 4.68 Å². The van der Waals surface area contributed by atoms with Crippen molar-refractivity contribution in [2.75, 3.05) is 11.9 Å². The zero-order chi connectivity index (χ0) is 18.4. The van der Waals surface area contributed by atoms with E-state index in [2.05, 4.69) is 21.6 Å². The van der Waals surface area contributed by atoms with E-state index in [1.807, 2.05) is 60.1 Å². The van der Waals surface area contributed by atoms with Gasteiger partial charge in [-0.15, -0.1) is 0 Å². The number of aromatic nitrogens is 2. The molecular formula is C21H20N5O+. The number of nitrogens with one attached hydrogen (secondary N) is 1. The largest absolute Gasteiger partial charge is 0.321 e. The highest BCUT2D eigenvalue weighted by Gasteiger charge is 2.30. The highest BCUT2D eigenvalue weighted by Crippen LogP contribution is 2.41. The second-order valence-electron chi connectivity index (χ2n) is 7.14. The Balaban J connectivity index is 1.27. The van der Waals surface area contributed by atoms with Gasteiger partial charge in [0.2, 0.25) is 5.69 Å². The van der Waals surface area contributed by atoms with Gasteiger partial charge in [0.25, 0.3) is 18.1 Å². The summed E-state index contributed by atoms with van der Waals surface area (Å²) in [6, 6.07) is 17.8. The Morgan fingerprint density at radius 1 is 1.19 bits per heavy atom. The van der Waals surface area contributed by atoms with Crippen LogP contribution in [0.25, 0.3) is 5.69 Å². The fraction of sp³-hybridized carbons (Fsp3) is 0.238. The molecule has 2 aliphatic rings. The van der Waals surface area contributed by atoms with Crippen LogP contribution in [0, 0.1) is 6.92 Å². The number of amides is 1. The molecule has 0 atom stereocenters. The lowest BCUT2D eigenvalue weighted by molar-refractivity contribution is -0.513. The van der Waals surface area contributed by atoms with Crippen molar-refractivity contribution in [1.29, 1.82) is 0 Å². The number of rotatable bonds is 5.